The molecule has 0 aliphatic heterocycles. The Kier molecular flexibility index (Phi) is 2.92. The predicted molar refractivity (Wildman–Crippen MR) is 50.5 cm³/mol. The van der Waals surface area contributed by atoms with Crippen LogP contribution in [-0.2, 0) is 0 Å². The third-order valence-corrected chi connectivity index (χ3v) is 2.43. The molecule has 1 aliphatic rings. The van der Waals surface area contributed by atoms with Crippen molar-refractivity contribution in [3.63, 3.8) is 0 Å². The van der Waals surface area contributed by atoms with E-state index in [4.69, 9.17) is 0 Å². The molecule has 0 N–H and O–H groups in total. The molecule has 0 aromatic carbocycles. The molecule has 2 atom stereocenters. The SMILES string of the molecule is CCC=CC=C(C)C1CC1C. The lowest BCUT2D eigenvalue weighted by atomic mass is 10.1. The van der Waals surface area contributed by atoms with Crippen LogP contribution >= 0.6 is 0 Å². The van der Waals surface area contributed by atoms with E-state index in [1.807, 2.05) is 0 Å². The van der Waals surface area contributed by atoms with Gasteiger partial charge in [0.1, 0.15) is 0 Å². The summed E-state index contributed by atoms with van der Waals surface area (Å²) < 4.78 is 0. The number of hydrogen-bond acceptors (Lipinski definition) is 0. The van der Waals surface area contributed by atoms with Gasteiger partial charge in [0.15, 0.2) is 0 Å². The normalized spacial score (nSPS) is 31.4. The quantitative estimate of drug-likeness (QED) is 0.540. The van der Waals surface area contributed by atoms with Crippen LogP contribution < -0.4 is 0 Å². The fourth-order valence-electron chi connectivity index (χ4n) is 1.44. The summed E-state index contributed by atoms with van der Waals surface area (Å²) in [6, 6.07) is 0. The second-order valence-corrected chi connectivity index (χ2v) is 3.57. The highest BCUT2D eigenvalue weighted by Gasteiger charge is 2.33. The van der Waals surface area contributed by atoms with Crippen molar-refractivity contribution in [3.05, 3.63) is 23.8 Å². The van der Waals surface area contributed by atoms with Crippen molar-refractivity contribution in [2.45, 2.75) is 33.6 Å². The van der Waals surface area contributed by atoms with Crippen LogP contribution in [0.3, 0.4) is 0 Å². The lowest BCUT2D eigenvalue weighted by Gasteiger charge is -1.93. The lowest BCUT2D eigenvalue weighted by molar-refractivity contribution is 0.856. The van der Waals surface area contributed by atoms with E-state index in [1.54, 1.807) is 5.57 Å². The summed E-state index contributed by atoms with van der Waals surface area (Å²) in [7, 11) is 0. The van der Waals surface area contributed by atoms with E-state index in [0.717, 1.165) is 18.3 Å². The highest BCUT2D eigenvalue weighted by atomic mass is 14.4. The first-order valence-corrected chi connectivity index (χ1v) is 4.59. The zero-order valence-electron chi connectivity index (χ0n) is 7.80. The zero-order valence-corrected chi connectivity index (χ0v) is 7.80. The summed E-state index contributed by atoms with van der Waals surface area (Å²) in [6.45, 7) is 6.74. The maximum absolute atomic E-state index is 2.32. The fourth-order valence-corrected chi connectivity index (χ4v) is 1.44. The molecule has 0 heteroatoms. The molecule has 0 nitrogen and oxygen atoms in total. The van der Waals surface area contributed by atoms with Gasteiger partial charge in [0, 0.05) is 0 Å². The maximum atomic E-state index is 2.32. The Morgan fingerprint density at radius 1 is 1.55 bits per heavy atom. The Hall–Kier alpha value is -0.520. The van der Waals surface area contributed by atoms with E-state index in [0.29, 0.717) is 0 Å². The van der Waals surface area contributed by atoms with Gasteiger partial charge in [-0.1, -0.05) is 37.6 Å². The molecule has 0 radical (unpaired) electrons. The highest BCUT2D eigenvalue weighted by molar-refractivity contribution is 5.18. The summed E-state index contributed by atoms with van der Waals surface area (Å²) in [5.41, 5.74) is 1.56. The average Bonchev–Trinajstić information content (AvgIpc) is 2.67. The Morgan fingerprint density at radius 3 is 2.64 bits per heavy atom. The van der Waals surface area contributed by atoms with Gasteiger partial charge in [-0.25, -0.2) is 0 Å². The Morgan fingerprint density at radius 2 is 2.18 bits per heavy atom. The van der Waals surface area contributed by atoms with Crippen LogP contribution in [0.5, 0.6) is 0 Å². The summed E-state index contributed by atoms with van der Waals surface area (Å²) in [6.07, 6.45) is 9.20. The molecule has 1 aliphatic carbocycles. The minimum absolute atomic E-state index is 0.900. The molecule has 0 aromatic rings. The average molecular weight is 150 g/mol. The first kappa shape index (κ1) is 8.58. The molecule has 0 saturated heterocycles. The summed E-state index contributed by atoms with van der Waals surface area (Å²) in [5, 5.41) is 0. The number of rotatable bonds is 3. The van der Waals surface area contributed by atoms with Gasteiger partial charge in [-0.15, -0.1) is 0 Å². The predicted octanol–water partition coefficient (Wildman–Crippen LogP) is 3.55. The minimum atomic E-state index is 0.900. The van der Waals surface area contributed by atoms with Crippen molar-refractivity contribution in [2.24, 2.45) is 11.8 Å². The van der Waals surface area contributed by atoms with Crippen molar-refractivity contribution in [3.8, 4) is 0 Å². The monoisotopic (exact) mass is 150 g/mol. The zero-order chi connectivity index (χ0) is 8.27. The molecule has 2 unspecified atom stereocenters. The van der Waals surface area contributed by atoms with Crippen LogP contribution in [0.15, 0.2) is 23.8 Å². The van der Waals surface area contributed by atoms with Crippen LogP contribution in [0.25, 0.3) is 0 Å². The van der Waals surface area contributed by atoms with Gasteiger partial charge in [-0.2, -0.15) is 0 Å². The third kappa shape index (κ3) is 2.53. The van der Waals surface area contributed by atoms with Gasteiger partial charge in [0.05, 0.1) is 0 Å². The molecule has 0 bridgehead atoms. The Labute approximate surface area is 70.0 Å². The number of allylic oxidation sites excluding steroid dienone is 4. The summed E-state index contributed by atoms with van der Waals surface area (Å²) in [5.74, 6) is 1.85. The molecular weight excluding hydrogens is 132 g/mol. The lowest BCUT2D eigenvalue weighted by Crippen LogP contribution is -1.79. The van der Waals surface area contributed by atoms with Gasteiger partial charge in [-0.05, 0) is 31.6 Å². The smallest absolute Gasteiger partial charge is 0.0174 e. The summed E-state index contributed by atoms with van der Waals surface area (Å²) >= 11 is 0. The molecule has 11 heavy (non-hydrogen) atoms. The molecule has 1 fully saturated rings. The molecule has 62 valence electrons. The molecule has 1 rings (SSSR count). The molecule has 0 heterocycles. The molecule has 0 spiro atoms. The summed E-state index contributed by atoms with van der Waals surface area (Å²) in [4.78, 5) is 0. The molecule has 0 aromatic heterocycles. The van der Waals surface area contributed by atoms with Crippen LogP contribution in [-0.4, -0.2) is 0 Å². The Bertz CT molecular complexity index is 174. The second-order valence-electron chi connectivity index (χ2n) is 3.57. The van der Waals surface area contributed by atoms with Gasteiger partial charge in [0.2, 0.25) is 0 Å². The van der Waals surface area contributed by atoms with Crippen molar-refractivity contribution in [1.29, 1.82) is 0 Å². The van der Waals surface area contributed by atoms with Crippen molar-refractivity contribution < 1.29 is 0 Å². The Balaban J connectivity index is 2.34. The van der Waals surface area contributed by atoms with Crippen LogP contribution in [0.2, 0.25) is 0 Å². The van der Waals surface area contributed by atoms with Crippen LogP contribution in [0.1, 0.15) is 33.6 Å². The van der Waals surface area contributed by atoms with Crippen molar-refractivity contribution in [1.82, 2.24) is 0 Å². The van der Waals surface area contributed by atoms with E-state index < -0.39 is 0 Å². The molecule has 0 amide bonds. The highest BCUT2D eigenvalue weighted by Crippen LogP contribution is 2.43. The largest absolute Gasteiger partial charge is 0.0848 e. The van der Waals surface area contributed by atoms with E-state index >= 15 is 0 Å². The van der Waals surface area contributed by atoms with Gasteiger partial charge < -0.3 is 0 Å². The van der Waals surface area contributed by atoms with E-state index in [1.165, 1.54) is 6.42 Å². The second kappa shape index (κ2) is 3.75. The van der Waals surface area contributed by atoms with Crippen molar-refractivity contribution in [2.75, 3.05) is 0 Å². The third-order valence-electron chi connectivity index (χ3n) is 2.43. The van der Waals surface area contributed by atoms with E-state index in [9.17, 15) is 0 Å². The van der Waals surface area contributed by atoms with E-state index in [-0.39, 0.29) is 0 Å². The fraction of sp³-hybridized carbons (Fsp3) is 0.636. The topological polar surface area (TPSA) is 0 Å². The minimum Gasteiger partial charge on any atom is -0.0848 e. The standard InChI is InChI=1S/C11H18/c1-4-5-6-7-9(2)11-8-10(11)3/h5-7,10-11H,4,8H2,1-3H3. The van der Waals surface area contributed by atoms with Gasteiger partial charge >= 0.3 is 0 Å². The first-order chi connectivity index (χ1) is 5.25. The van der Waals surface area contributed by atoms with E-state index in [2.05, 4.69) is 39.0 Å². The van der Waals surface area contributed by atoms with Gasteiger partial charge in [0.25, 0.3) is 0 Å². The van der Waals surface area contributed by atoms with Crippen molar-refractivity contribution >= 4 is 0 Å². The molecule has 1 saturated carbocycles. The molecular formula is C11H18. The number of hydrogen-bond donors (Lipinski definition) is 0. The van der Waals surface area contributed by atoms with Crippen LogP contribution in [0, 0.1) is 11.8 Å². The van der Waals surface area contributed by atoms with Crippen LogP contribution in [0.4, 0.5) is 0 Å². The first-order valence-electron chi connectivity index (χ1n) is 4.59. The maximum Gasteiger partial charge on any atom is -0.0174 e. The van der Waals surface area contributed by atoms with Gasteiger partial charge in [-0.3, -0.25) is 0 Å².